The molecule has 1 aliphatic rings. The van der Waals surface area contributed by atoms with Gasteiger partial charge in [0.15, 0.2) is 11.5 Å². The Balaban J connectivity index is 2.06. The quantitative estimate of drug-likeness (QED) is 0.783. The molecule has 0 atom stereocenters. The summed E-state index contributed by atoms with van der Waals surface area (Å²) in [6.07, 6.45) is -8.28. The summed E-state index contributed by atoms with van der Waals surface area (Å²) in [4.78, 5) is 7.44. The number of rotatable bonds is 1. The molecule has 3 rings (SSSR count). The van der Waals surface area contributed by atoms with Gasteiger partial charge in [-0.05, 0) is 17.7 Å². The Hall–Kier alpha value is -2.78. The van der Waals surface area contributed by atoms with Crippen molar-refractivity contribution in [3.8, 4) is 22.6 Å². The lowest BCUT2D eigenvalue weighted by Crippen LogP contribution is -2.52. The zero-order chi connectivity index (χ0) is 16.1. The summed E-state index contributed by atoms with van der Waals surface area (Å²) in [6.45, 7) is 0. The van der Waals surface area contributed by atoms with Gasteiger partial charge in [0.05, 0.1) is 0 Å². The fourth-order valence-electron chi connectivity index (χ4n) is 1.87. The summed E-state index contributed by atoms with van der Waals surface area (Å²) in [5.41, 5.74) is 11.6. The zero-order valence-electron chi connectivity index (χ0n) is 10.7. The highest BCUT2D eigenvalue weighted by Crippen LogP contribution is 2.48. The van der Waals surface area contributed by atoms with Gasteiger partial charge < -0.3 is 20.9 Å². The van der Waals surface area contributed by atoms with Crippen molar-refractivity contribution in [2.75, 3.05) is 11.5 Å². The first kappa shape index (κ1) is 14.2. The van der Waals surface area contributed by atoms with Crippen LogP contribution in [-0.2, 0) is 0 Å². The van der Waals surface area contributed by atoms with Crippen molar-refractivity contribution in [1.29, 1.82) is 0 Å². The average molecular weight is 316 g/mol. The van der Waals surface area contributed by atoms with Gasteiger partial charge in [0.2, 0.25) is 5.95 Å². The van der Waals surface area contributed by atoms with Gasteiger partial charge in [0, 0.05) is 11.8 Å². The van der Waals surface area contributed by atoms with Crippen molar-refractivity contribution in [1.82, 2.24) is 9.97 Å². The van der Waals surface area contributed by atoms with Crippen LogP contribution in [0.4, 0.5) is 29.3 Å². The van der Waals surface area contributed by atoms with E-state index >= 15 is 0 Å². The number of ether oxygens (including phenoxy) is 2. The second-order valence-corrected chi connectivity index (χ2v) is 4.43. The summed E-state index contributed by atoms with van der Waals surface area (Å²) in [5, 5.41) is 0. The first-order valence-corrected chi connectivity index (χ1v) is 5.86. The van der Waals surface area contributed by atoms with Crippen molar-refractivity contribution < 1.29 is 27.0 Å². The van der Waals surface area contributed by atoms with Crippen molar-refractivity contribution in [2.24, 2.45) is 0 Å². The molecule has 0 saturated carbocycles. The highest BCUT2D eigenvalue weighted by atomic mass is 19.3. The summed E-state index contributed by atoms with van der Waals surface area (Å²) in [5.74, 6) is -1.13. The molecule has 0 fully saturated rings. The van der Waals surface area contributed by atoms with Gasteiger partial charge in [-0.1, -0.05) is 6.07 Å². The smallest absolute Gasteiger partial charge is 0.421 e. The number of fused-ring (bicyclic) bond motifs is 1. The first-order valence-electron chi connectivity index (χ1n) is 5.86. The lowest BCUT2D eigenvalue weighted by molar-refractivity contribution is -0.391. The monoisotopic (exact) mass is 316 g/mol. The molecule has 0 radical (unpaired) electrons. The van der Waals surface area contributed by atoms with Crippen LogP contribution in [-0.4, -0.2) is 22.2 Å². The number of aromatic nitrogens is 2. The Morgan fingerprint density at radius 1 is 0.955 bits per heavy atom. The van der Waals surface area contributed by atoms with Crippen LogP contribution >= 0.6 is 0 Å². The molecule has 1 aliphatic heterocycles. The van der Waals surface area contributed by atoms with Crippen molar-refractivity contribution in [3.05, 3.63) is 24.4 Å². The molecule has 0 amide bonds. The van der Waals surface area contributed by atoms with Gasteiger partial charge in [-0.25, -0.2) is 4.98 Å². The minimum Gasteiger partial charge on any atom is -0.421 e. The molecule has 4 N–H and O–H groups in total. The second kappa shape index (κ2) is 4.36. The summed E-state index contributed by atoms with van der Waals surface area (Å²) < 4.78 is 60.4. The Morgan fingerprint density at radius 3 is 2.23 bits per heavy atom. The molecule has 116 valence electrons. The highest BCUT2D eigenvalue weighted by molar-refractivity contribution is 5.75. The van der Waals surface area contributed by atoms with E-state index in [9.17, 15) is 17.6 Å². The van der Waals surface area contributed by atoms with E-state index in [2.05, 4.69) is 19.4 Å². The fourth-order valence-corrected chi connectivity index (χ4v) is 1.87. The van der Waals surface area contributed by atoms with Crippen molar-refractivity contribution in [2.45, 2.75) is 12.2 Å². The lowest BCUT2D eigenvalue weighted by Gasteiger charge is -2.31. The molecule has 0 aliphatic carbocycles. The number of hydrogen-bond acceptors (Lipinski definition) is 6. The normalized spacial score (nSPS) is 18.0. The third kappa shape index (κ3) is 2.12. The molecule has 10 heteroatoms. The predicted octanol–water partition coefficient (Wildman–Crippen LogP) is 2.26. The number of benzene rings is 1. The lowest BCUT2D eigenvalue weighted by atomic mass is 10.1. The van der Waals surface area contributed by atoms with Crippen LogP contribution in [0.25, 0.3) is 11.1 Å². The number of halogens is 4. The van der Waals surface area contributed by atoms with Gasteiger partial charge in [0.1, 0.15) is 5.82 Å². The molecule has 2 aromatic rings. The summed E-state index contributed by atoms with van der Waals surface area (Å²) >= 11 is 0. The molecule has 2 heterocycles. The Labute approximate surface area is 120 Å². The van der Waals surface area contributed by atoms with Crippen LogP contribution in [0.1, 0.15) is 0 Å². The van der Waals surface area contributed by atoms with E-state index in [0.29, 0.717) is 0 Å². The summed E-state index contributed by atoms with van der Waals surface area (Å²) in [6, 6.07) is 3.46. The van der Waals surface area contributed by atoms with E-state index in [1.165, 1.54) is 12.3 Å². The van der Waals surface area contributed by atoms with Crippen molar-refractivity contribution >= 4 is 11.8 Å². The van der Waals surface area contributed by atoms with E-state index in [1.54, 1.807) is 0 Å². The van der Waals surface area contributed by atoms with E-state index in [0.717, 1.165) is 12.1 Å². The fraction of sp³-hybridized carbons (Fsp3) is 0.167. The molecule has 1 aromatic carbocycles. The molecule has 0 unspecified atom stereocenters. The number of alkyl halides is 4. The molecule has 0 bridgehead atoms. The first-order chi connectivity index (χ1) is 10.2. The topological polar surface area (TPSA) is 96.3 Å². The van der Waals surface area contributed by atoms with Crippen LogP contribution in [0.3, 0.4) is 0 Å². The van der Waals surface area contributed by atoms with E-state index in [-0.39, 0.29) is 22.9 Å². The maximum Gasteiger partial charge on any atom is 0.507 e. The number of nitrogens with zero attached hydrogens (tertiary/aromatic N) is 2. The van der Waals surface area contributed by atoms with E-state index in [1.807, 2.05) is 0 Å². The van der Waals surface area contributed by atoms with Crippen LogP contribution in [0.2, 0.25) is 0 Å². The minimum atomic E-state index is -4.79. The van der Waals surface area contributed by atoms with Gasteiger partial charge >= 0.3 is 12.2 Å². The van der Waals surface area contributed by atoms with E-state index in [4.69, 9.17) is 11.5 Å². The van der Waals surface area contributed by atoms with Gasteiger partial charge in [-0.3, -0.25) is 0 Å². The second-order valence-electron chi connectivity index (χ2n) is 4.43. The van der Waals surface area contributed by atoms with Gasteiger partial charge in [0.25, 0.3) is 0 Å². The Morgan fingerprint density at radius 2 is 1.59 bits per heavy atom. The number of nitrogen functional groups attached to an aromatic ring is 2. The summed E-state index contributed by atoms with van der Waals surface area (Å²) in [7, 11) is 0. The number of hydrogen-bond donors (Lipinski definition) is 2. The van der Waals surface area contributed by atoms with Crippen LogP contribution in [0.15, 0.2) is 24.4 Å². The molecule has 0 saturated heterocycles. The Kier molecular flexibility index (Phi) is 2.81. The third-order valence-electron chi connectivity index (χ3n) is 2.91. The molecule has 1 aromatic heterocycles. The third-order valence-corrected chi connectivity index (χ3v) is 2.91. The average Bonchev–Trinajstić information content (AvgIpc) is 2.39. The SMILES string of the molecule is Nc1ncc(-c2ccc3c(c2)OC(F)(F)C(F)(F)O3)c(N)n1. The zero-order valence-corrected chi connectivity index (χ0v) is 10.7. The molecular weight excluding hydrogens is 308 g/mol. The van der Waals surface area contributed by atoms with Crippen molar-refractivity contribution in [3.63, 3.8) is 0 Å². The molecule has 22 heavy (non-hydrogen) atoms. The standard InChI is InChI=1S/C12H8F4N4O2/c13-11(14)12(15,16)22-8-3-5(1-2-7(8)21-11)6-4-19-10(18)20-9(6)17/h1-4H,(H4,17,18,19,20). The van der Waals surface area contributed by atoms with Crippen LogP contribution in [0.5, 0.6) is 11.5 Å². The molecule has 0 spiro atoms. The van der Waals surface area contributed by atoms with Gasteiger partial charge in [-0.2, -0.15) is 22.5 Å². The van der Waals surface area contributed by atoms with Crippen LogP contribution in [0, 0.1) is 0 Å². The predicted molar refractivity (Wildman–Crippen MR) is 67.4 cm³/mol. The van der Waals surface area contributed by atoms with Gasteiger partial charge in [-0.15, -0.1) is 0 Å². The Bertz CT molecular complexity index is 754. The maximum atomic E-state index is 13.2. The largest absolute Gasteiger partial charge is 0.507 e. The van der Waals surface area contributed by atoms with E-state index < -0.39 is 23.7 Å². The maximum absolute atomic E-state index is 13.2. The number of nitrogens with two attached hydrogens (primary N) is 2. The molecular formula is C12H8F4N4O2. The van der Waals surface area contributed by atoms with Crippen LogP contribution < -0.4 is 20.9 Å². The molecule has 6 nitrogen and oxygen atoms in total. The minimum absolute atomic E-state index is 0.00117. The number of anilines is 2. The highest BCUT2D eigenvalue weighted by Gasteiger charge is 2.65.